The molecular formula is C16H16O. The first kappa shape index (κ1) is 11.6. The van der Waals surface area contributed by atoms with E-state index in [1.807, 2.05) is 72.8 Å². The van der Waals surface area contributed by atoms with E-state index in [1.165, 1.54) is 0 Å². The van der Waals surface area contributed by atoms with Gasteiger partial charge in [0.25, 0.3) is 0 Å². The quantitative estimate of drug-likeness (QED) is 0.837. The molecule has 2 rings (SSSR count). The molecule has 0 aliphatic rings. The highest BCUT2D eigenvalue weighted by molar-refractivity contribution is 5.48. The van der Waals surface area contributed by atoms with Crippen LogP contribution in [0.15, 0.2) is 66.7 Å². The van der Waals surface area contributed by atoms with Gasteiger partial charge in [0.2, 0.25) is 0 Å². The molecule has 0 fully saturated rings. The van der Waals surface area contributed by atoms with Gasteiger partial charge in [-0.05, 0) is 17.5 Å². The van der Waals surface area contributed by atoms with Crippen molar-refractivity contribution < 1.29 is 5.11 Å². The molecule has 1 atom stereocenters. The van der Waals surface area contributed by atoms with Crippen LogP contribution in [0.25, 0.3) is 6.08 Å². The summed E-state index contributed by atoms with van der Waals surface area (Å²) in [6, 6.07) is 19.8. The molecular weight excluding hydrogens is 208 g/mol. The Bertz CT molecular complexity index is 459. The lowest BCUT2D eigenvalue weighted by atomic mass is 10.1. The first-order chi connectivity index (χ1) is 8.36. The summed E-state index contributed by atoms with van der Waals surface area (Å²) in [6.45, 7) is 0. The van der Waals surface area contributed by atoms with E-state index >= 15 is 0 Å². The molecule has 0 saturated heterocycles. The zero-order valence-corrected chi connectivity index (χ0v) is 9.66. The van der Waals surface area contributed by atoms with Gasteiger partial charge in [-0.25, -0.2) is 0 Å². The van der Waals surface area contributed by atoms with Gasteiger partial charge in [0, 0.05) is 0 Å². The Labute approximate surface area is 102 Å². The number of hydrogen-bond donors (Lipinski definition) is 1. The van der Waals surface area contributed by atoms with Crippen LogP contribution in [0.4, 0.5) is 0 Å². The van der Waals surface area contributed by atoms with Gasteiger partial charge >= 0.3 is 0 Å². The first-order valence-electron chi connectivity index (χ1n) is 5.81. The summed E-state index contributed by atoms with van der Waals surface area (Å²) in [6.07, 6.45) is 4.26. The molecule has 0 heterocycles. The highest BCUT2D eigenvalue weighted by Gasteiger charge is 2.03. The summed E-state index contributed by atoms with van der Waals surface area (Å²) in [4.78, 5) is 0. The van der Waals surface area contributed by atoms with E-state index in [4.69, 9.17) is 0 Å². The van der Waals surface area contributed by atoms with Crippen molar-refractivity contribution in [2.24, 2.45) is 0 Å². The van der Waals surface area contributed by atoms with Crippen molar-refractivity contribution >= 4 is 6.08 Å². The fourth-order valence-electron chi connectivity index (χ4n) is 1.71. The van der Waals surface area contributed by atoms with E-state index in [0.717, 1.165) is 11.1 Å². The maximum absolute atomic E-state index is 9.95. The van der Waals surface area contributed by atoms with Gasteiger partial charge in [-0.2, -0.15) is 0 Å². The van der Waals surface area contributed by atoms with Crippen molar-refractivity contribution in [1.82, 2.24) is 0 Å². The van der Waals surface area contributed by atoms with Gasteiger partial charge in [-0.3, -0.25) is 0 Å². The number of aliphatic hydroxyl groups is 1. The lowest BCUT2D eigenvalue weighted by Gasteiger charge is -2.07. The largest absolute Gasteiger partial charge is 0.388 e. The average Bonchev–Trinajstić information content (AvgIpc) is 2.41. The van der Waals surface area contributed by atoms with Crippen molar-refractivity contribution in [2.75, 3.05) is 0 Å². The van der Waals surface area contributed by atoms with Crippen LogP contribution in [0.2, 0.25) is 0 Å². The Balaban J connectivity index is 1.93. The molecule has 17 heavy (non-hydrogen) atoms. The highest BCUT2D eigenvalue weighted by Crippen LogP contribution is 2.16. The SMILES string of the molecule is O[C@@H](C/C=C/c1ccccc1)c1ccccc1. The number of rotatable bonds is 4. The molecule has 2 aromatic carbocycles. The summed E-state index contributed by atoms with van der Waals surface area (Å²) in [7, 11) is 0. The van der Waals surface area contributed by atoms with E-state index in [2.05, 4.69) is 0 Å². The third-order valence-electron chi connectivity index (χ3n) is 2.65. The third-order valence-corrected chi connectivity index (χ3v) is 2.65. The van der Waals surface area contributed by atoms with Gasteiger partial charge in [0.05, 0.1) is 6.10 Å². The van der Waals surface area contributed by atoms with Crippen molar-refractivity contribution in [3.05, 3.63) is 77.9 Å². The molecule has 0 aromatic heterocycles. The van der Waals surface area contributed by atoms with Crippen molar-refractivity contribution in [2.45, 2.75) is 12.5 Å². The molecule has 0 unspecified atom stereocenters. The van der Waals surface area contributed by atoms with Crippen molar-refractivity contribution in [3.63, 3.8) is 0 Å². The summed E-state index contributed by atoms with van der Waals surface area (Å²) in [5.41, 5.74) is 2.12. The smallest absolute Gasteiger partial charge is 0.0824 e. The molecule has 0 bridgehead atoms. The normalized spacial score (nSPS) is 12.8. The van der Waals surface area contributed by atoms with Crippen LogP contribution in [0.5, 0.6) is 0 Å². The molecule has 0 aliphatic heterocycles. The highest BCUT2D eigenvalue weighted by atomic mass is 16.3. The van der Waals surface area contributed by atoms with E-state index < -0.39 is 6.10 Å². The van der Waals surface area contributed by atoms with Crippen LogP contribution in [0.1, 0.15) is 23.7 Å². The number of hydrogen-bond acceptors (Lipinski definition) is 1. The van der Waals surface area contributed by atoms with Crippen LogP contribution in [-0.2, 0) is 0 Å². The standard InChI is InChI=1S/C16H16O/c17-16(15-11-5-2-6-12-15)13-7-10-14-8-3-1-4-9-14/h1-12,16-17H,13H2/b10-7+/t16-/m0/s1. The lowest BCUT2D eigenvalue weighted by Crippen LogP contribution is -1.94. The summed E-state index contributed by atoms with van der Waals surface area (Å²) in [5, 5.41) is 9.95. The summed E-state index contributed by atoms with van der Waals surface area (Å²) < 4.78 is 0. The predicted octanol–water partition coefficient (Wildman–Crippen LogP) is 3.82. The monoisotopic (exact) mass is 224 g/mol. The van der Waals surface area contributed by atoms with Gasteiger partial charge < -0.3 is 5.11 Å². The van der Waals surface area contributed by atoms with Crippen molar-refractivity contribution in [3.8, 4) is 0 Å². The van der Waals surface area contributed by atoms with Gasteiger partial charge in [-0.15, -0.1) is 0 Å². The summed E-state index contributed by atoms with van der Waals surface area (Å²) in [5.74, 6) is 0. The second-order valence-corrected chi connectivity index (χ2v) is 3.98. The molecule has 1 N–H and O–H groups in total. The third kappa shape index (κ3) is 3.58. The molecule has 0 aliphatic carbocycles. The molecule has 1 nitrogen and oxygen atoms in total. The molecule has 86 valence electrons. The fourth-order valence-corrected chi connectivity index (χ4v) is 1.71. The van der Waals surface area contributed by atoms with Crippen LogP contribution in [0, 0.1) is 0 Å². The maximum atomic E-state index is 9.95. The fraction of sp³-hybridized carbons (Fsp3) is 0.125. The summed E-state index contributed by atoms with van der Waals surface area (Å²) >= 11 is 0. The molecule has 0 amide bonds. The Kier molecular flexibility index (Phi) is 4.11. The molecule has 0 saturated carbocycles. The van der Waals surface area contributed by atoms with Gasteiger partial charge in [-0.1, -0.05) is 72.8 Å². The molecule has 0 spiro atoms. The van der Waals surface area contributed by atoms with Gasteiger partial charge in [0.1, 0.15) is 0 Å². The Morgan fingerprint density at radius 2 is 1.47 bits per heavy atom. The molecule has 1 heteroatoms. The minimum atomic E-state index is -0.420. The number of aliphatic hydroxyl groups excluding tert-OH is 1. The van der Waals surface area contributed by atoms with Crippen LogP contribution in [0.3, 0.4) is 0 Å². The minimum absolute atomic E-state index is 0.420. The predicted molar refractivity (Wildman–Crippen MR) is 71.5 cm³/mol. The van der Waals surface area contributed by atoms with Crippen LogP contribution in [-0.4, -0.2) is 5.11 Å². The molecule has 0 radical (unpaired) electrons. The Morgan fingerprint density at radius 1 is 0.882 bits per heavy atom. The minimum Gasteiger partial charge on any atom is -0.388 e. The maximum Gasteiger partial charge on any atom is 0.0824 e. The zero-order valence-electron chi connectivity index (χ0n) is 9.66. The van der Waals surface area contributed by atoms with Crippen LogP contribution < -0.4 is 0 Å². The van der Waals surface area contributed by atoms with E-state index in [-0.39, 0.29) is 0 Å². The first-order valence-corrected chi connectivity index (χ1v) is 5.81. The second-order valence-electron chi connectivity index (χ2n) is 3.98. The van der Waals surface area contributed by atoms with E-state index in [1.54, 1.807) is 0 Å². The Morgan fingerprint density at radius 3 is 2.12 bits per heavy atom. The van der Waals surface area contributed by atoms with Crippen molar-refractivity contribution in [1.29, 1.82) is 0 Å². The lowest BCUT2D eigenvalue weighted by molar-refractivity contribution is 0.182. The zero-order chi connectivity index (χ0) is 11.9. The Hall–Kier alpha value is -1.86. The topological polar surface area (TPSA) is 20.2 Å². The number of benzene rings is 2. The van der Waals surface area contributed by atoms with Gasteiger partial charge in [0.15, 0.2) is 0 Å². The average molecular weight is 224 g/mol. The second kappa shape index (κ2) is 6.02. The van der Waals surface area contributed by atoms with E-state index in [9.17, 15) is 5.11 Å². The van der Waals surface area contributed by atoms with Crippen LogP contribution >= 0.6 is 0 Å². The molecule has 2 aromatic rings. The van der Waals surface area contributed by atoms with E-state index in [0.29, 0.717) is 6.42 Å².